The number of methoxy groups -OCH3 is 1. The van der Waals surface area contributed by atoms with Crippen molar-refractivity contribution in [1.82, 2.24) is 0 Å². The van der Waals surface area contributed by atoms with Crippen LogP contribution in [0.3, 0.4) is 0 Å². The van der Waals surface area contributed by atoms with Gasteiger partial charge in [-0.05, 0) is 79.6 Å². The highest BCUT2D eigenvalue weighted by molar-refractivity contribution is 7.17. The van der Waals surface area contributed by atoms with Crippen molar-refractivity contribution >= 4 is 34.3 Å². The van der Waals surface area contributed by atoms with E-state index < -0.39 is 11.9 Å². The van der Waals surface area contributed by atoms with Gasteiger partial charge >= 0.3 is 5.97 Å². The molecule has 0 bridgehead atoms. The lowest BCUT2D eigenvalue weighted by molar-refractivity contribution is -0.112. The van der Waals surface area contributed by atoms with Crippen molar-refractivity contribution in [3.8, 4) is 17.6 Å². The summed E-state index contributed by atoms with van der Waals surface area (Å²) in [6.07, 6.45) is 5.21. The number of carbonyl (C=O) groups is 2. The van der Waals surface area contributed by atoms with Crippen LogP contribution in [0.25, 0.3) is 6.08 Å². The molecule has 2 aromatic carbocycles. The number of fused-ring (bicyclic) bond motifs is 1. The van der Waals surface area contributed by atoms with Crippen molar-refractivity contribution in [2.24, 2.45) is 0 Å². The molecule has 0 spiro atoms. The van der Waals surface area contributed by atoms with Crippen LogP contribution in [0.1, 0.15) is 51.7 Å². The molecule has 0 saturated heterocycles. The Bertz CT molecular complexity index is 1330. The van der Waals surface area contributed by atoms with E-state index in [1.54, 1.807) is 38.3 Å². The zero-order valence-electron chi connectivity index (χ0n) is 20.8. The first-order valence-electron chi connectivity index (χ1n) is 12.1. The Labute approximate surface area is 220 Å². The minimum Gasteiger partial charge on any atom is -0.497 e. The first kappa shape index (κ1) is 26.0. The second-order valence-corrected chi connectivity index (χ2v) is 9.57. The molecule has 7 nitrogen and oxygen atoms in total. The van der Waals surface area contributed by atoms with Gasteiger partial charge in [-0.1, -0.05) is 24.3 Å². The van der Waals surface area contributed by atoms with Gasteiger partial charge in [0.15, 0.2) is 0 Å². The molecule has 190 valence electrons. The van der Waals surface area contributed by atoms with E-state index in [1.165, 1.54) is 17.4 Å². The Morgan fingerprint density at radius 2 is 1.76 bits per heavy atom. The molecule has 0 unspecified atom stereocenters. The predicted molar refractivity (Wildman–Crippen MR) is 143 cm³/mol. The Kier molecular flexibility index (Phi) is 8.60. The molecule has 0 radical (unpaired) electrons. The smallest absolute Gasteiger partial charge is 0.341 e. The number of aryl methyl sites for hydroxylation is 1. The van der Waals surface area contributed by atoms with Gasteiger partial charge in [0.2, 0.25) is 0 Å². The zero-order chi connectivity index (χ0) is 26.2. The third-order valence-electron chi connectivity index (χ3n) is 6.00. The van der Waals surface area contributed by atoms with E-state index in [0.29, 0.717) is 28.5 Å². The topological polar surface area (TPSA) is 97.7 Å². The molecule has 1 aliphatic rings. The molecule has 0 aliphatic heterocycles. The van der Waals surface area contributed by atoms with Gasteiger partial charge < -0.3 is 19.5 Å². The summed E-state index contributed by atoms with van der Waals surface area (Å²) in [6, 6.07) is 16.7. The first-order chi connectivity index (χ1) is 18.0. The monoisotopic (exact) mass is 516 g/mol. The van der Waals surface area contributed by atoms with E-state index in [1.807, 2.05) is 30.3 Å². The van der Waals surface area contributed by atoms with Crippen LogP contribution in [0.15, 0.2) is 54.1 Å². The van der Waals surface area contributed by atoms with Gasteiger partial charge in [0.25, 0.3) is 5.91 Å². The number of nitriles is 1. The molecule has 0 atom stereocenters. The van der Waals surface area contributed by atoms with Gasteiger partial charge in [-0.3, -0.25) is 4.79 Å². The Balaban J connectivity index is 1.45. The van der Waals surface area contributed by atoms with E-state index >= 15 is 0 Å². The van der Waals surface area contributed by atoms with Gasteiger partial charge in [0.05, 0.1) is 19.3 Å². The number of nitrogens with zero attached hydrogens (tertiary/aromatic N) is 1. The molecule has 37 heavy (non-hydrogen) atoms. The van der Waals surface area contributed by atoms with Crippen LogP contribution >= 0.6 is 11.3 Å². The molecule has 0 saturated carbocycles. The van der Waals surface area contributed by atoms with Crippen LogP contribution < -0.4 is 14.8 Å². The molecule has 1 heterocycles. The lowest BCUT2D eigenvalue weighted by Crippen LogP contribution is -2.16. The van der Waals surface area contributed by atoms with Gasteiger partial charge in [-0.25, -0.2) is 4.79 Å². The average molecular weight is 517 g/mol. The van der Waals surface area contributed by atoms with Crippen molar-refractivity contribution < 1.29 is 23.8 Å². The summed E-state index contributed by atoms with van der Waals surface area (Å²) in [7, 11) is 1.62. The fourth-order valence-electron chi connectivity index (χ4n) is 4.11. The number of anilines is 1. The molecule has 0 fully saturated rings. The van der Waals surface area contributed by atoms with Crippen molar-refractivity contribution in [3.05, 3.63) is 81.2 Å². The molecule has 8 heteroatoms. The number of ether oxygens (including phenoxy) is 3. The number of nitrogens with one attached hydrogen (secondary N) is 1. The number of rotatable bonds is 9. The molecular weight excluding hydrogens is 488 g/mol. The minimum atomic E-state index is -0.563. The SMILES string of the molecule is CCOC(=O)c1c(NC(=O)/C(C#N)=C/c2ccc(OCc3ccc(OC)cc3)cc2)sc2c1CCCC2. The second-order valence-electron chi connectivity index (χ2n) is 8.47. The van der Waals surface area contributed by atoms with E-state index in [-0.39, 0.29) is 12.2 Å². The van der Waals surface area contributed by atoms with Gasteiger partial charge in [0, 0.05) is 4.88 Å². The van der Waals surface area contributed by atoms with Crippen molar-refractivity contribution in [3.63, 3.8) is 0 Å². The number of carbonyl (C=O) groups excluding carboxylic acids is 2. The molecule has 1 aliphatic carbocycles. The van der Waals surface area contributed by atoms with Gasteiger partial charge in [-0.15, -0.1) is 11.3 Å². The van der Waals surface area contributed by atoms with Crippen LogP contribution in [-0.2, 0) is 29.0 Å². The summed E-state index contributed by atoms with van der Waals surface area (Å²) < 4.78 is 16.2. The maximum Gasteiger partial charge on any atom is 0.341 e. The third-order valence-corrected chi connectivity index (χ3v) is 7.21. The minimum absolute atomic E-state index is 0.0620. The number of esters is 1. The molecule has 4 rings (SSSR count). The number of thiophene rings is 1. The Hall–Kier alpha value is -4.09. The highest BCUT2D eigenvalue weighted by Crippen LogP contribution is 2.38. The fraction of sp³-hybridized carbons (Fsp3) is 0.276. The summed E-state index contributed by atoms with van der Waals surface area (Å²) in [4.78, 5) is 26.7. The summed E-state index contributed by atoms with van der Waals surface area (Å²) in [5.74, 6) is 0.448. The standard InChI is InChI=1S/C29H28N2O5S/c1-3-35-29(33)26-24-6-4-5-7-25(24)37-28(26)31-27(32)21(17-30)16-19-8-14-23(15-9-19)36-18-20-10-12-22(34-2)13-11-20/h8-16H,3-7,18H2,1-2H3,(H,31,32)/b21-16+. The largest absolute Gasteiger partial charge is 0.497 e. The lowest BCUT2D eigenvalue weighted by Gasteiger charge is -2.12. The molecule has 1 amide bonds. The summed E-state index contributed by atoms with van der Waals surface area (Å²) in [6.45, 7) is 2.40. The number of hydrogen-bond donors (Lipinski definition) is 1. The quantitative estimate of drug-likeness (QED) is 0.215. The number of hydrogen-bond acceptors (Lipinski definition) is 7. The molecule has 3 aromatic rings. The maximum absolute atomic E-state index is 13.0. The van der Waals surface area contributed by atoms with Crippen LogP contribution in [0.2, 0.25) is 0 Å². The highest BCUT2D eigenvalue weighted by Gasteiger charge is 2.27. The predicted octanol–water partition coefficient (Wildman–Crippen LogP) is 5.94. The first-order valence-corrected chi connectivity index (χ1v) is 12.9. The summed E-state index contributed by atoms with van der Waals surface area (Å²) in [5, 5.41) is 12.9. The molecule has 1 N–H and O–H groups in total. The summed E-state index contributed by atoms with van der Waals surface area (Å²) in [5.41, 5.74) is 3.00. The van der Waals surface area contributed by atoms with Crippen molar-refractivity contribution in [2.45, 2.75) is 39.2 Å². The van der Waals surface area contributed by atoms with E-state index in [0.717, 1.165) is 47.4 Å². The third kappa shape index (κ3) is 6.38. The maximum atomic E-state index is 13.0. The number of amides is 1. The second kappa shape index (κ2) is 12.2. The van der Waals surface area contributed by atoms with E-state index in [9.17, 15) is 14.9 Å². The van der Waals surface area contributed by atoms with Crippen molar-refractivity contribution in [2.75, 3.05) is 19.0 Å². The molecule has 1 aromatic heterocycles. The van der Waals surface area contributed by atoms with Crippen molar-refractivity contribution in [1.29, 1.82) is 5.26 Å². The van der Waals surface area contributed by atoms with E-state index in [4.69, 9.17) is 14.2 Å². The van der Waals surface area contributed by atoms with Crippen LogP contribution in [0, 0.1) is 11.3 Å². The van der Waals surface area contributed by atoms with Gasteiger partial charge in [0.1, 0.15) is 34.7 Å². The molecular formula is C29H28N2O5S. The zero-order valence-corrected chi connectivity index (χ0v) is 21.7. The summed E-state index contributed by atoms with van der Waals surface area (Å²) >= 11 is 1.39. The fourth-order valence-corrected chi connectivity index (χ4v) is 5.38. The highest BCUT2D eigenvalue weighted by atomic mass is 32.1. The van der Waals surface area contributed by atoms with E-state index in [2.05, 4.69) is 5.32 Å². The van der Waals surface area contributed by atoms with Gasteiger partial charge in [-0.2, -0.15) is 5.26 Å². The van der Waals surface area contributed by atoms with Crippen LogP contribution in [0.4, 0.5) is 5.00 Å². The Morgan fingerprint density at radius 1 is 1.05 bits per heavy atom. The number of benzene rings is 2. The average Bonchev–Trinajstić information content (AvgIpc) is 3.29. The Morgan fingerprint density at radius 3 is 2.43 bits per heavy atom. The van der Waals surface area contributed by atoms with Crippen LogP contribution in [-0.4, -0.2) is 25.6 Å². The normalized spacial score (nSPS) is 12.7. The lowest BCUT2D eigenvalue weighted by atomic mass is 9.95. The van der Waals surface area contributed by atoms with Crippen LogP contribution in [0.5, 0.6) is 11.5 Å².